The highest BCUT2D eigenvalue weighted by molar-refractivity contribution is 6.70. The first-order valence-corrected chi connectivity index (χ1v) is 22.4. The van der Waals surface area contributed by atoms with Gasteiger partial charge in [-0.2, -0.15) is 0 Å². The molecule has 4 fully saturated rings. The minimum Gasteiger partial charge on any atom is -0.469 e. The van der Waals surface area contributed by atoms with Crippen LogP contribution in [0.4, 0.5) is 0 Å². The molecule has 0 aliphatic heterocycles. The third kappa shape index (κ3) is 6.14. The molecule has 0 radical (unpaired) electrons. The number of rotatable bonds is 8. The van der Waals surface area contributed by atoms with E-state index in [1.165, 1.54) is 51.3 Å². The topological polar surface area (TPSA) is 57.1 Å². The Morgan fingerprint density at radius 2 is 1.68 bits per heavy atom. The Labute approximate surface area is 235 Å². The second-order valence-electron chi connectivity index (χ2n) is 15.9. The van der Waals surface area contributed by atoms with Crippen molar-refractivity contribution in [3.05, 3.63) is 0 Å². The monoisotopic (exact) mass is 563 g/mol. The third-order valence-corrected chi connectivity index (χ3v) is 12.9. The molecule has 0 saturated heterocycles. The van der Waals surface area contributed by atoms with Gasteiger partial charge in [-0.05, 0) is 143 Å². The van der Waals surface area contributed by atoms with Gasteiger partial charge in [0.1, 0.15) is 0 Å². The van der Waals surface area contributed by atoms with E-state index in [9.17, 15) is 4.79 Å². The summed E-state index contributed by atoms with van der Waals surface area (Å²) < 4.78 is 18.1. The lowest BCUT2D eigenvalue weighted by Crippen LogP contribution is -2.60. The summed E-state index contributed by atoms with van der Waals surface area (Å²) in [6, 6.07) is 0. The van der Waals surface area contributed by atoms with E-state index < -0.39 is 16.6 Å². The first-order chi connectivity index (χ1) is 17.6. The van der Waals surface area contributed by atoms with E-state index in [0.717, 1.165) is 31.1 Å². The molecule has 0 aromatic heterocycles. The second-order valence-corrected chi connectivity index (χ2v) is 24.8. The van der Waals surface area contributed by atoms with Gasteiger partial charge in [-0.25, -0.2) is 0 Å². The summed E-state index contributed by atoms with van der Waals surface area (Å²) in [5.74, 6) is 3.97. The highest BCUT2D eigenvalue weighted by Gasteiger charge is 2.63. The van der Waals surface area contributed by atoms with Gasteiger partial charge in [0.2, 0.25) is 0 Å². The van der Waals surface area contributed by atoms with Crippen molar-refractivity contribution < 1.29 is 18.5 Å². The minimum atomic E-state index is -1.70. The smallest absolute Gasteiger partial charge is 0.305 e. The Kier molecular flexibility index (Phi) is 8.74. The molecule has 0 spiro atoms. The van der Waals surface area contributed by atoms with Crippen molar-refractivity contribution in [2.45, 2.75) is 130 Å². The maximum atomic E-state index is 11.9. The van der Waals surface area contributed by atoms with Crippen molar-refractivity contribution >= 4 is 28.3 Å². The number of carbonyl (C=O) groups is 1. The fraction of sp³-hybridized carbons (Fsp3) is 0.935. The van der Waals surface area contributed by atoms with Crippen LogP contribution in [0.5, 0.6) is 0 Å². The molecule has 0 aromatic carbocycles. The average Bonchev–Trinajstić information content (AvgIpc) is 3.17. The van der Waals surface area contributed by atoms with E-state index in [0.29, 0.717) is 47.0 Å². The van der Waals surface area contributed by atoms with Crippen molar-refractivity contribution in [1.29, 1.82) is 0 Å². The number of methoxy groups -OCH3 is 1. The van der Waals surface area contributed by atoms with Crippen LogP contribution in [0.3, 0.4) is 0 Å². The lowest BCUT2D eigenvalue weighted by Gasteiger charge is -2.63. The van der Waals surface area contributed by atoms with E-state index in [4.69, 9.17) is 18.8 Å². The van der Waals surface area contributed by atoms with Gasteiger partial charge in [0.05, 0.1) is 12.8 Å². The van der Waals surface area contributed by atoms with Crippen LogP contribution in [0.25, 0.3) is 0 Å². The van der Waals surface area contributed by atoms with Crippen LogP contribution in [-0.4, -0.2) is 41.5 Å². The van der Waals surface area contributed by atoms with Gasteiger partial charge in [-0.3, -0.25) is 4.79 Å². The first-order valence-electron chi connectivity index (χ1n) is 15.6. The average molecular weight is 564 g/mol. The first kappa shape index (κ1) is 30.3. The molecule has 0 heterocycles. The predicted octanol–water partition coefficient (Wildman–Crippen LogP) is 8.27. The lowest BCUT2D eigenvalue weighted by atomic mass is 9.43. The summed E-state index contributed by atoms with van der Waals surface area (Å²) in [6.07, 6.45) is 11.8. The number of fused-ring (bicyclic) bond motifs is 5. The summed E-state index contributed by atoms with van der Waals surface area (Å²) in [4.78, 5) is 11.9. The van der Waals surface area contributed by atoms with E-state index in [-0.39, 0.29) is 5.97 Å². The van der Waals surface area contributed by atoms with E-state index >= 15 is 0 Å². The van der Waals surface area contributed by atoms with Gasteiger partial charge < -0.3 is 13.7 Å². The number of hydrogen-bond acceptors (Lipinski definition) is 5. The Balaban J connectivity index is 1.59. The van der Waals surface area contributed by atoms with Crippen molar-refractivity contribution in [3.63, 3.8) is 0 Å². The number of carbonyl (C=O) groups excluding carboxylic acids is 1. The lowest BCUT2D eigenvalue weighted by molar-refractivity contribution is -0.153. The molecule has 4 rings (SSSR count). The molecule has 5 nitrogen and oxygen atoms in total. The quantitative estimate of drug-likeness (QED) is 0.169. The molecule has 8 unspecified atom stereocenters. The second kappa shape index (κ2) is 11.0. The van der Waals surface area contributed by atoms with Gasteiger partial charge in [-0.1, -0.05) is 20.8 Å². The molecule has 4 saturated carbocycles. The van der Waals surface area contributed by atoms with E-state index in [1.54, 1.807) is 0 Å². The number of esters is 1. The van der Waals surface area contributed by atoms with Crippen LogP contribution >= 0.6 is 0 Å². The van der Waals surface area contributed by atoms with Crippen LogP contribution in [0.2, 0.25) is 39.3 Å². The van der Waals surface area contributed by atoms with Crippen LogP contribution in [-0.2, 0) is 18.5 Å². The van der Waals surface area contributed by atoms with Gasteiger partial charge in [0.15, 0.2) is 8.32 Å². The molecular formula is C31H57NO4Si2. The molecule has 4 aliphatic carbocycles. The number of oxime groups is 1. The fourth-order valence-electron chi connectivity index (χ4n) is 9.49. The number of hydrogen-bond donors (Lipinski definition) is 0. The molecule has 38 heavy (non-hydrogen) atoms. The summed E-state index contributed by atoms with van der Waals surface area (Å²) in [5, 5.41) is 4.72. The molecule has 0 aromatic rings. The maximum Gasteiger partial charge on any atom is 0.305 e. The standard InChI is InChI=1S/C31H57NO4Si2/c1-21(11-14-28(33)34-4)24-12-13-25-29-26(16-18-31(24,25)3)30(2)17-15-23(32-36-38(8,9)10)19-22(30)20-27(29)35-37(5,6)7/h21-22,24-27,29H,11-20H2,1-10H3/b32-23-/t21?,22-,24?,25?,26?,27?,29?,30?,31?/m0/s1. The summed E-state index contributed by atoms with van der Waals surface area (Å²) in [6.45, 7) is 21.4. The highest BCUT2D eigenvalue weighted by Crippen LogP contribution is 2.68. The fourth-order valence-corrected chi connectivity index (χ4v) is 11.1. The summed E-state index contributed by atoms with van der Waals surface area (Å²) >= 11 is 0. The number of ether oxygens (including phenoxy) is 1. The molecule has 7 heteroatoms. The van der Waals surface area contributed by atoms with Crippen LogP contribution in [0, 0.1) is 46.3 Å². The van der Waals surface area contributed by atoms with Crippen molar-refractivity contribution in [2.24, 2.45) is 51.5 Å². The Hall–Kier alpha value is -0.666. The zero-order valence-electron chi connectivity index (χ0n) is 26.2. The van der Waals surface area contributed by atoms with Crippen molar-refractivity contribution in [1.82, 2.24) is 0 Å². The highest BCUT2D eigenvalue weighted by atomic mass is 28.4. The van der Waals surface area contributed by atoms with Crippen LogP contribution < -0.4 is 0 Å². The molecule has 9 atom stereocenters. The Bertz CT molecular complexity index is 895. The molecule has 0 amide bonds. The SMILES string of the molecule is COC(=O)CCC(C)C1CCC2C3C(O[Si](C)(C)C)C[C@@H]4C/C(=N\O[Si](C)(C)C)CCC4(C)C3CCC12C. The zero-order valence-corrected chi connectivity index (χ0v) is 28.2. The van der Waals surface area contributed by atoms with Crippen molar-refractivity contribution in [2.75, 3.05) is 7.11 Å². The normalized spacial score (nSPS) is 41.2. The third-order valence-electron chi connectivity index (χ3n) is 11.2. The largest absolute Gasteiger partial charge is 0.469 e. The molecule has 4 aliphatic rings. The van der Waals surface area contributed by atoms with Crippen LogP contribution in [0.15, 0.2) is 5.16 Å². The van der Waals surface area contributed by atoms with Gasteiger partial charge in [-0.15, -0.1) is 5.16 Å². The van der Waals surface area contributed by atoms with E-state index in [2.05, 4.69) is 60.1 Å². The number of nitrogens with zero attached hydrogens (tertiary/aromatic N) is 1. The maximum absolute atomic E-state index is 11.9. The predicted molar refractivity (Wildman–Crippen MR) is 161 cm³/mol. The molecule has 0 N–H and O–H groups in total. The molecular weight excluding hydrogens is 507 g/mol. The van der Waals surface area contributed by atoms with Gasteiger partial charge >= 0.3 is 5.97 Å². The van der Waals surface area contributed by atoms with Gasteiger partial charge in [0.25, 0.3) is 8.32 Å². The Morgan fingerprint density at radius 3 is 2.32 bits per heavy atom. The summed E-state index contributed by atoms with van der Waals surface area (Å²) in [7, 11) is -1.85. The molecule has 218 valence electrons. The summed E-state index contributed by atoms with van der Waals surface area (Å²) in [5.41, 5.74) is 2.02. The van der Waals surface area contributed by atoms with E-state index in [1.807, 2.05) is 0 Å². The molecule has 0 bridgehead atoms. The zero-order chi connectivity index (χ0) is 28.1. The Morgan fingerprint density at radius 1 is 1.00 bits per heavy atom. The van der Waals surface area contributed by atoms with Crippen LogP contribution in [0.1, 0.15) is 85.0 Å². The van der Waals surface area contributed by atoms with Gasteiger partial charge in [0, 0.05) is 12.5 Å². The minimum absolute atomic E-state index is 0.0643. The van der Waals surface area contributed by atoms with Crippen molar-refractivity contribution in [3.8, 4) is 0 Å².